The third kappa shape index (κ3) is 3.32. The van der Waals surface area contributed by atoms with E-state index in [4.69, 9.17) is 4.74 Å². The average molecular weight is 286 g/mol. The van der Waals surface area contributed by atoms with Crippen LogP contribution in [0.15, 0.2) is 24.4 Å². The van der Waals surface area contributed by atoms with E-state index < -0.39 is 0 Å². The van der Waals surface area contributed by atoms with Gasteiger partial charge in [-0.15, -0.1) is 0 Å². The highest BCUT2D eigenvalue weighted by Gasteiger charge is 2.16. The van der Waals surface area contributed by atoms with E-state index in [1.54, 1.807) is 13.1 Å². The number of esters is 1. The van der Waals surface area contributed by atoms with Gasteiger partial charge in [0, 0.05) is 18.1 Å². The third-order valence-electron chi connectivity index (χ3n) is 3.39. The quantitative estimate of drug-likeness (QED) is 0.821. The lowest BCUT2D eigenvalue weighted by Crippen LogP contribution is -2.11. The van der Waals surface area contributed by atoms with E-state index in [9.17, 15) is 4.79 Å². The van der Waals surface area contributed by atoms with Crippen molar-refractivity contribution in [3.63, 3.8) is 0 Å². The van der Waals surface area contributed by atoms with E-state index in [2.05, 4.69) is 36.3 Å². The third-order valence-corrected chi connectivity index (χ3v) is 3.39. The molecule has 21 heavy (non-hydrogen) atoms. The van der Waals surface area contributed by atoms with Gasteiger partial charge in [-0.3, -0.25) is 4.98 Å². The number of aryl methyl sites for hydroxylation is 1. The molecule has 0 aliphatic rings. The second kappa shape index (κ2) is 7.07. The minimum Gasteiger partial charge on any atom is -0.462 e. The lowest BCUT2D eigenvalue weighted by molar-refractivity contribution is 0.0527. The molecule has 0 amide bonds. The van der Waals surface area contributed by atoms with Gasteiger partial charge < -0.3 is 10.1 Å². The van der Waals surface area contributed by atoms with Gasteiger partial charge in [0.05, 0.1) is 17.8 Å². The highest BCUT2D eigenvalue weighted by Crippen LogP contribution is 2.28. The zero-order valence-corrected chi connectivity index (χ0v) is 12.9. The van der Waals surface area contributed by atoms with Crippen molar-refractivity contribution in [3.8, 4) is 0 Å². The molecule has 0 unspecified atom stereocenters. The molecule has 1 heterocycles. The second-order valence-electron chi connectivity index (χ2n) is 4.90. The van der Waals surface area contributed by atoms with Gasteiger partial charge in [0.2, 0.25) is 0 Å². The van der Waals surface area contributed by atoms with Crippen molar-refractivity contribution in [2.45, 2.75) is 33.6 Å². The fraction of sp³-hybridized carbons (Fsp3) is 0.412. The Morgan fingerprint density at radius 2 is 2.10 bits per heavy atom. The first-order valence-electron chi connectivity index (χ1n) is 7.53. The van der Waals surface area contributed by atoms with Gasteiger partial charge in [-0.05, 0) is 37.5 Å². The molecule has 1 N–H and O–H groups in total. The highest BCUT2D eigenvalue weighted by molar-refractivity contribution is 6.05. The summed E-state index contributed by atoms with van der Waals surface area (Å²) in [6.07, 6.45) is 3.54. The van der Waals surface area contributed by atoms with Crippen LogP contribution >= 0.6 is 0 Å². The van der Waals surface area contributed by atoms with Gasteiger partial charge in [-0.2, -0.15) is 0 Å². The van der Waals surface area contributed by atoms with Gasteiger partial charge >= 0.3 is 5.97 Å². The Labute approximate surface area is 125 Å². The van der Waals surface area contributed by atoms with Crippen LogP contribution in [0.1, 0.15) is 43.1 Å². The Bertz CT molecular complexity index is 638. The molecule has 2 aromatic rings. The van der Waals surface area contributed by atoms with Crippen LogP contribution in [-0.2, 0) is 11.2 Å². The van der Waals surface area contributed by atoms with Crippen LogP contribution in [-0.4, -0.2) is 24.1 Å². The lowest BCUT2D eigenvalue weighted by Gasteiger charge is -2.14. The molecular weight excluding hydrogens is 264 g/mol. The Morgan fingerprint density at radius 1 is 1.29 bits per heavy atom. The molecule has 0 saturated heterocycles. The number of nitrogens with zero attached hydrogens (tertiary/aromatic N) is 1. The van der Waals surface area contributed by atoms with Crippen LogP contribution in [0, 0.1) is 0 Å². The fourth-order valence-electron chi connectivity index (χ4n) is 2.26. The highest BCUT2D eigenvalue weighted by atomic mass is 16.5. The Hall–Kier alpha value is -2.10. The molecule has 0 spiro atoms. The summed E-state index contributed by atoms with van der Waals surface area (Å²) >= 11 is 0. The van der Waals surface area contributed by atoms with Crippen molar-refractivity contribution in [2.24, 2.45) is 0 Å². The van der Waals surface area contributed by atoms with Crippen molar-refractivity contribution in [3.05, 3.63) is 35.5 Å². The number of pyridine rings is 1. The molecule has 0 atom stereocenters. The predicted octanol–water partition coefficient (Wildman–Crippen LogP) is 3.80. The number of nitrogens with one attached hydrogen (secondary N) is 1. The van der Waals surface area contributed by atoms with Crippen LogP contribution in [0.2, 0.25) is 0 Å². The average Bonchev–Trinajstić information content (AvgIpc) is 2.52. The molecular formula is C17H22N2O2. The summed E-state index contributed by atoms with van der Waals surface area (Å²) in [5.74, 6) is -0.326. The summed E-state index contributed by atoms with van der Waals surface area (Å²) in [5, 5.41) is 4.34. The molecule has 112 valence electrons. The van der Waals surface area contributed by atoms with Gasteiger partial charge in [-0.1, -0.05) is 19.9 Å². The molecule has 1 aromatic heterocycles. The maximum absolute atomic E-state index is 12.1. The van der Waals surface area contributed by atoms with Crippen LogP contribution in [0.25, 0.3) is 10.9 Å². The first kappa shape index (κ1) is 15.3. The topological polar surface area (TPSA) is 51.2 Å². The summed E-state index contributed by atoms with van der Waals surface area (Å²) in [5.41, 5.74) is 3.45. The van der Waals surface area contributed by atoms with Crippen molar-refractivity contribution in [1.82, 2.24) is 4.98 Å². The molecule has 0 bridgehead atoms. The van der Waals surface area contributed by atoms with Crippen molar-refractivity contribution >= 4 is 22.6 Å². The molecule has 0 saturated carbocycles. The predicted molar refractivity (Wildman–Crippen MR) is 85.9 cm³/mol. The standard InChI is InChI=1S/C17H22N2O2/c1-4-9-18-16-13-10-12(5-2)7-8-15(13)19-11-14(16)17(20)21-6-3/h7-8,10-11H,4-6,9H2,1-3H3,(H,18,19). The minimum atomic E-state index is -0.326. The number of hydrogen-bond acceptors (Lipinski definition) is 4. The molecule has 0 radical (unpaired) electrons. The van der Waals surface area contributed by atoms with E-state index in [1.165, 1.54) is 5.56 Å². The van der Waals surface area contributed by atoms with Crippen molar-refractivity contribution < 1.29 is 9.53 Å². The van der Waals surface area contributed by atoms with E-state index in [-0.39, 0.29) is 5.97 Å². The summed E-state index contributed by atoms with van der Waals surface area (Å²) in [6.45, 7) is 7.18. The molecule has 2 rings (SSSR count). The van der Waals surface area contributed by atoms with Crippen molar-refractivity contribution in [2.75, 3.05) is 18.5 Å². The largest absolute Gasteiger partial charge is 0.462 e. The van der Waals surface area contributed by atoms with E-state index in [1.807, 2.05) is 6.07 Å². The summed E-state index contributed by atoms with van der Waals surface area (Å²) < 4.78 is 5.14. The molecule has 0 fully saturated rings. The fourth-order valence-corrected chi connectivity index (χ4v) is 2.26. The Balaban J connectivity index is 2.58. The van der Waals surface area contributed by atoms with Crippen LogP contribution in [0.4, 0.5) is 5.69 Å². The zero-order valence-electron chi connectivity index (χ0n) is 12.9. The van der Waals surface area contributed by atoms with Gasteiger partial charge in [0.25, 0.3) is 0 Å². The number of ether oxygens (including phenoxy) is 1. The Morgan fingerprint density at radius 3 is 2.76 bits per heavy atom. The van der Waals surface area contributed by atoms with Gasteiger partial charge in [-0.25, -0.2) is 4.79 Å². The number of benzene rings is 1. The second-order valence-corrected chi connectivity index (χ2v) is 4.90. The van der Waals surface area contributed by atoms with Crippen LogP contribution in [0.3, 0.4) is 0 Å². The van der Waals surface area contributed by atoms with Gasteiger partial charge in [0.1, 0.15) is 5.56 Å². The molecule has 0 aliphatic carbocycles. The first-order chi connectivity index (χ1) is 10.2. The number of fused-ring (bicyclic) bond motifs is 1. The van der Waals surface area contributed by atoms with E-state index in [0.29, 0.717) is 12.2 Å². The number of carbonyl (C=O) groups excluding carboxylic acids is 1. The van der Waals surface area contributed by atoms with E-state index in [0.717, 1.165) is 36.0 Å². The van der Waals surface area contributed by atoms with Gasteiger partial charge in [0.15, 0.2) is 0 Å². The smallest absolute Gasteiger partial charge is 0.341 e. The van der Waals surface area contributed by atoms with Crippen LogP contribution < -0.4 is 5.32 Å². The summed E-state index contributed by atoms with van der Waals surface area (Å²) in [6, 6.07) is 6.17. The molecule has 4 nitrogen and oxygen atoms in total. The number of aromatic nitrogens is 1. The zero-order chi connectivity index (χ0) is 15.2. The molecule has 4 heteroatoms. The van der Waals surface area contributed by atoms with Crippen molar-refractivity contribution in [1.29, 1.82) is 0 Å². The minimum absolute atomic E-state index is 0.326. The maximum atomic E-state index is 12.1. The molecule has 0 aliphatic heterocycles. The van der Waals surface area contributed by atoms with Crippen LogP contribution in [0.5, 0.6) is 0 Å². The summed E-state index contributed by atoms with van der Waals surface area (Å²) in [7, 11) is 0. The Kier molecular flexibility index (Phi) is 5.14. The monoisotopic (exact) mass is 286 g/mol. The van der Waals surface area contributed by atoms with E-state index >= 15 is 0 Å². The first-order valence-corrected chi connectivity index (χ1v) is 7.53. The SMILES string of the molecule is CCCNc1c(C(=O)OCC)cnc2ccc(CC)cc12. The number of rotatable bonds is 6. The molecule has 1 aromatic carbocycles. The summed E-state index contributed by atoms with van der Waals surface area (Å²) in [4.78, 5) is 16.5. The lowest BCUT2D eigenvalue weighted by atomic mass is 10.0. The number of hydrogen-bond donors (Lipinski definition) is 1. The normalized spacial score (nSPS) is 10.6. The maximum Gasteiger partial charge on any atom is 0.341 e. The number of carbonyl (C=O) groups is 1. The number of anilines is 1.